The van der Waals surface area contributed by atoms with Gasteiger partial charge in [0.25, 0.3) is 11.8 Å². The van der Waals surface area contributed by atoms with Gasteiger partial charge in [-0.25, -0.2) is 13.4 Å². The minimum atomic E-state index is -3.03. The van der Waals surface area contributed by atoms with Gasteiger partial charge in [-0.3, -0.25) is 9.59 Å². The van der Waals surface area contributed by atoms with Crippen molar-refractivity contribution >= 4 is 84.7 Å². The maximum Gasteiger partial charge on any atom is 0.253 e. The molecule has 2 heterocycles. The number of rotatable bonds is 9. The molecule has 2 aromatic carbocycles. The number of aromatic nitrogens is 2. The number of hydrogen-bond acceptors (Lipinski definition) is 10. The quantitative estimate of drug-likeness (QED) is 0.293. The summed E-state index contributed by atoms with van der Waals surface area (Å²) < 4.78 is 23.3. The summed E-state index contributed by atoms with van der Waals surface area (Å²) in [4.78, 5) is 37.8. The van der Waals surface area contributed by atoms with Gasteiger partial charge in [-0.2, -0.15) is 4.98 Å². The summed E-state index contributed by atoms with van der Waals surface area (Å²) in [5.41, 5.74) is 2.20. The van der Waals surface area contributed by atoms with Crippen LogP contribution in [-0.2, 0) is 9.84 Å². The number of halogens is 1. The number of hydrogen-bond donors (Lipinski definition) is 3. The number of thiocarbonyl (C=S) groups is 1. The molecule has 1 aromatic heterocycles. The van der Waals surface area contributed by atoms with Crippen molar-refractivity contribution in [3.8, 4) is 0 Å². The fourth-order valence-electron chi connectivity index (χ4n) is 4.04. The number of anilines is 4. The standard InChI is InChI=1S/C27H30ClN7O4S3/c1-29-24(36)20-5-3-4-6-22(20)32-23-21(28)17-30-26(33-23)31-19-9-7-18(8-10-19)25(37)34-11-13-35(14-12-34)27(40)41-15-16-42(2,38)39/h3-10,17H,11-16H2,1-2H3,(H,29,36)(H2,30,31,32,33). The van der Waals surface area contributed by atoms with E-state index in [0.717, 1.165) is 0 Å². The summed E-state index contributed by atoms with van der Waals surface area (Å²) in [7, 11) is -1.47. The smallest absolute Gasteiger partial charge is 0.253 e. The first-order valence-corrected chi connectivity index (χ1v) is 16.7. The zero-order chi connectivity index (χ0) is 30.3. The van der Waals surface area contributed by atoms with E-state index in [4.69, 9.17) is 23.8 Å². The van der Waals surface area contributed by atoms with Crippen LogP contribution >= 0.6 is 35.6 Å². The number of carbonyl (C=O) groups excluding carboxylic acids is 2. The van der Waals surface area contributed by atoms with Crippen LogP contribution in [0.5, 0.6) is 0 Å². The van der Waals surface area contributed by atoms with Gasteiger partial charge in [-0.15, -0.1) is 0 Å². The van der Waals surface area contributed by atoms with Crippen molar-refractivity contribution in [3.63, 3.8) is 0 Å². The summed E-state index contributed by atoms with van der Waals surface area (Å²) in [6, 6.07) is 14.0. The third-order valence-electron chi connectivity index (χ3n) is 6.29. The van der Waals surface area contributed by atoms with Gasteiger partial charge in [0.05, 0.1) is 23.2 Å². The summed E-state index contributed by atoms with van der Waals surface area (Å²) in [6.45, 7) is 2.22. The lowest BCUT2D eigenvalue weighted by Gasteiger charge is -2.36. The Bertz CT molecular complexity index is 1560. The first kappa shape index (κ1) is 31.5. The summed E-state index contributed by atoms with van der Waals surface area (Å²) >= 11 is 13.1. The van der Waals surface area contributed by atoms with Crippen LogP contribution in [-0.4, -0.2) is 95.3 Å². The first-order valence-electron chi connectivity index (χ1n) is 12.9. The Kier molecular flexibility index (Phi) is 10.6. The Balaban J connectivity index is 1.34. The second-order valence-corrected chi connectivity index (χ2v) is 13.8. The number of para-hydroxylation sites is 1. The van der Waals surface area contributed by atoms with Crippen molar-refractivity contribution in [1.29, 1.82) is 0 Å². The highest BCUT2D eigenvalue weighted by atomic mass is 35.5. The molecular formula is C27H30ClN7O4S3. The highest BCUT2D eigenvalue weighted by Gasteiger charge is 2.24. The Hall–Kier alpha value is -3.46. The second-order valence-electron chi connectivity index (χ2n) is 9.37. The van der Waals surface area contributed by atoms with Crippen LogP contribution in [0.4, 0.5) is 23.1 Å². The van der Waals surface area contributed by atoms with Crippen LogP contribution in [0.2, 0.25) is 5.02 Å². The van der Waals surface area contributed by atoms with Crippen molar-refractivity contribution in [1.82, 2.24) is 25.1 Å². The largest absolute Gasteiger partial charge is 0.355 e. The Morgan fingerprint density at radius 3 is 2.36 bits per heavy atom. The highest BCUT2D eigenvalue weighted by Crippen LogP contribution is 2.27. The van der Waals surface area contributed by atoms with Crippen LogP contribution < -0.4 is 16.0 Å². The molecule has 1 saturated heterocycles. The van der Waals surface area contributed by atoms with Gasteiger partial charge in [-0.05, 0) is 36.4 Å². The van der Waals surface area contributed by atoms with Gasteiger partial charge in [0, 0.05) is 56.5 Å². The number of nitrogens with one attached hydrogen (secondary N) is 3. The zero-order valence-electron chi connectivity index (χ0n) is 23.0. The molecule has 0 saturated carbocycles. The molecule has 0 radical (unpaired) electrons. The topological polar surface area (TPSA) is 137 Å². The van der Waals surface area contributed by atoms with E-state index in [0.29, 0.717) is 64.6 Å². The van der Waals surface area contributed by atoms with E-state index in [9.17, 15) is 18.0 Å². The van der Waals surface area contributed by atoms with Crippen molar-refractivity contribution < 1.29 is 18.0 Å². The van der Waals surface area contributed by atoms with Crippen LogP contribution in [0.25, 0.3) is 0 Å². The Morgan fingerprint density at radius 2 is 1.69 bits per heavy atom. The van der Waals surface area contributed by atoms with Crippen molar-refractivity contribution in [3.05, 3.63) is 70.9 Å². The molecule has 15 heteroatoms. The predicted octanol–water partition coefficient (Wildman–Crippen LogP) is 3.80. The van der Waals surface area contributed by atoms with Crippen LogP contribution in [0, 0.1) is 0 Å². The van der Waals surface area contributed by atoms with E-state index in [1.807, 2.05) is 4.90 Å². The lowest BCUT2D eigenvalue weighted by atomic mass is 10.1. The van der Waals surface area contributed by atoms with Crippen LogP contribution in [0.1, 0.15) is 20.7 Å². The maximum atomic E-state index is 13.1. The molecule has 0 bridgehead atoms. The monoisotopic (exact) mass is 647 g/mol. The van der Waals surface area contributed by atoms with Gasteiger partial charge in [0.15, 0.2) is 5.82 Å². The highest BCUT2D eigenvalue weighted by molar-refractivity contribution is 8.23. The molecule has 1 fully saturated rings. The number of thioether (sulfide) groups is 1. The Morgan fingerprint density at radius 1 is 1.02 bits per heavy atom. The van der Waals surface area contributed by atoms with Gasteiger partial charge in [0.1, 0.15) is 19.2 Å². The van der Waals surface area contributed by atoms with E-state index in [1.165, 1.54) is 24.2 Å². The molecule has 4 rings (SSSR count). The SMILES string of the molecule is CNC(=O)c1ccccc1Nc1nc(Nc2ccc(C(=O)N3CCN(C(=S)SCCS(C)(=O)=O)CC3)cc2)ncc1Cl. The third kappa shape index (κ3) is 8.53. The minimum absolute atomic E-state index is 0.0803. The molecule has 0 atom stereocenters. The summed E-state index contributed by atoms with van der Waals surface area (Å²) in [5, 5.41) is 9.09. The zero-order valence-corrected chi connectivity index (χ0v) is 26.2. The average molecular weight is 648 g/mol. The van der Waals surface area contributed by atoms with Crippen LogP contribution in [0.15, 0.2) is 54.7 Å². The number of carbonyl (C=O) groups is 2. The van der Waals surface area contributed by atoms with Crippen molar-refractivity contribution in [2.24, 2.45) is 0 Å². The fraction of sp³-hybridized carbons (Fsp3) is 0.296. The lowest BCUT2D eigenvalue weighted by molar-refractivity contribution is 0.0694. The van der Waals surface area contributed by atoms with Crippen molar-refractivity contribution in [2.75, 3.05) is 61.6 Å². The minimum Gasteiger partial charge on any atom is -0.355 e. The molecule has 2 amide bonds. The second kappa shape index (κ2) is 14.1. The molecule has 0 unspecified atom stereocenters. The predicted molar refractivity (Wildman–Crippen MR) is 172 cm³/mol. The van der Waals surface area contributed by atoms with E-state index >= 15 is 0 Å². The number of amides is 2. The number of piperazine rings is 1. The van der Waals surface area contributed by atoms with E-state index in [1.54, 1.807) is 60.5 Å². The molecule has 1 aliphatic rings. The van der Waals surface area contributed by atoms with Crippen molar-refractivity contribution in [2.45, 2.75) is 0 Å². The van der Waals surface area contributed by atoms with E-state index < -0.39 is 9.84 Å². The normalized spacial score (nSPS) is 13.4. The molecule has 0 spiro atoms. The van der Waals surface area contributed by atoms with E-state index in [-0.39, 0.29) is 28.5 Å². The van der Waals surface area contributed by atoms with Gasteiger partial charge in [-0.1, -0.05) is 47.7 Å². The van der Waals surface area contributed by atoms with Gasteiger partial charge in [0.2, 0.25) is 5.95 Å². The molecule has 222 valence electrons. The Labute approximate surface area is 259 Å². The summed E-state index contributed by atoms with van der Waals surface area (Å²) in [5.74, 6) is 0.770. The molecular weight excluding hydrogens is 618 g/mol. The first-order chi connectivity index (χ1) is 20.0. The van der Waals surface area contributed by atoms with E-state index in [2.05, 4.69) is 25.9 Å². The number of benzene rings is 2. The van der Waals surface area contributed by atoms with Crippen LogP contribution in [0.3, 0.4) is 0 Å². The number of sulfone groups is 1. The molecule has 3 N–H and O–H groups in total. The number of nitrogens with zero attached hydrogens (tertiary/aromatic N) is 4. The van der Waals surface area contributed by atoms with Gasteiger partial charge >= 0.3 is 0 Å². The van der Waals surface area contributed by atoms with Gasteiger partial charge < -0.3 is 25.8 Å². The fourth-order valence-corrected chi connectivity index (χ4v) is 6.69. The molecule has 3 aromatic rings. The molecule has 1 aliphatic heterocycles. The molecule has 11 nitrogen and oxygen atoms in total. The average Bonchev–Trinajstić information content (AvgIpc) is 2.98. The molecule has 42 heavy (non-hydrogen) atoms. The summed E-state index contributed by atoms with van der Waals surface area (Å²) in [6.07, 6.45) is 2.66. The third-order valence-corrected chi connectivity index (χ3v) is 9.29. The lowest BCUT2D eigenvalue weighted by Crippen LogP contribution is -2.49. The maximum absolute atomic E-state index is 13.1. The molecule has 0 aliphatic carbocycles.